The summed E-state index contributed by atoms with van der Waals surface area (Å²) in [6.07, 6.45) is 9.38. The van der Waals surface area contributed by atoms with Crippen LogP contribution in [0.3, 0.4) is 0 Å². The van der Waals surface area contributed by atoms with Crippen LogP contribution in [0.1, 0.15) is 12.8 Å². The molecule has 0 aliphatic carbocycles. The summed E-state index contributed by atoms with van der Waals surface area (Å²) in [5, 5.41) is 0. The number of nitrogens with zero attached hydrogens (tertiary/aromatic N) is 5. The van der Waals surface area contributed by atoms with Gasteiger partial charge in [0.1, 0.15) is 5.82 Å². The van der Waals surface area contributed by atoms with E-state index in [2.05, 4.69) is 24.5 Å². The highest BCUT2D eigenvalue weighted by Gasteiger charge is 2.17. The second-order valence-electron chi connectivity index (χ2n) is 6.87. The molecule has 0 spiro atoms. The van der Waals surface area contributed by atoms with E-state index in [1.807, 2.05) is 36.8 Å². The molecule has 1 aliphatic heterocycles. The van der Waals surface area contributed by atoms with Crippen molar-refractivity contribution in [1.29, 1.82) is 0 Å². The molecule has 3 aromatic heterocycles. The first-order chi connectivity index (χ1) is 13.4. The predicted molar refractivity (Wildman–Crippen MR) is 102 cm³/mol. The monoisotopic (exact) mass is 360 g/mol. The maximum atomic E-state index is 5.46. The number of H-pyrrole nitrogens is 1. The first-order valence-electron chi connectivity index (χ1n) is 9.22. The molecule has 1 aromatic carbocycles. The molecular formula is C20H20N6O. The summed E-state index contributed by atoms with van der Waals surface area (Å²) >= 11 is 0. The van der Waals surface area contributed by atoms with Gasteiger partial charge in [-0.2, -0.15) is 0 Å². The Labute approximate surface area is 156 Å². The number of rotatable bonds is 4. The van der Waals surface area contributed by atoms with E-state index in [4.69, 9.17) is 9.72 Å². The Balaban J connectivity index is 1.44. The minimum atomic E-state index is 0.606. The fraction of sp³-hybridized carbons (Fsp3) is 0.300. The van der Waals surface area contributed by atoms with E-state index in [1.165, 1.54) is 0 Å². The second-order valence-corrected chi connectivity index (χ2v) is 6.87. The van der Waals surface area contributed by atoms with Crippen LogP contribution in [-0.2, 0) is 11.3 Å². The molecule has 0 atom stereocenters. The summed E-state index contributed by atoms with van der Waals surface area (Å²) in [6.45, 7) is 2.60. The van der Waals surface area contributed by atoms with Crippen molar-refractivity contribution in [2.24, 2.45) is 5.92 Å². The van der Waals surface area contributed by atoms with Gasteiger partial charge in [-0.25, -0.2) is 19.9 Å². The van der Waals surface area contributed by atoms with Gasteiger partial charge in [-0.3, -0.25) is 0 Å². The van der Waals surface area contributed by atoms with E-state index in [1.54, 1.807) is 12.4 Å². The standard InChI is InChI=1S/C20H20N6O/c1-3-16(18-21-7-8-22-18)4-2-15(1)17-11-23-19-20(25-17)26(13-24-19)12-14-5-9-27-10-6-14/h1-4,7-8,11,13-14H,5-6,9-10,12H2,(H,21,22). The molecule has 4 heterocycles. The normalized spacial score (nSPS) is 15.4. The molecule has 1 N–H and O–H groups in total. The number of fused-ring (bicyclic) bond motifs is 1. The van der Waals surface area contributed by atoms with Gasteiger partial charge in [-0.15, -0.1) is 0 Å². The molecule has 5 rings (SSSR count). The molecule has 1 saturated heterocycles. The van der Waals surface area contributed by atoms with Gasteiger partial charge in [-0.05, 0) is 18.8 Å². The Kier molecular flexibility index (Phi) is 4.14. The van der Waals surface area contributed by atoms with Crippen LogP contribution in [0.25, 0.3) is 33.9 Å². The zero-order chi connectivity index (χ0) is 18.1. The van der Waals surface area contributed by atoms with Crippen molar-refractivity contribution in [2.75, 3.05) is 13.2 Å². The Hall–Kier alpha value is -3.06. The van der Waals surface area contributed by atoms with Gasteiger partial charge in [0, 0.05) is 43.3 Å². The number of hydrogen-bond acceptors (Lipinski definition) is 5. The minimum Gasteiger partial charge on any atom is -0.381 e. The first-order valence-corrected chi connectivity index (χ1v) is 9.22. The lowest BCUT2D eigenvalue weighted by Crippen LogP contribution is -2.20. The average molecular weight is 360 g/mol. The van der Waals surface area contributed by atoms with Gasteiger partial charge in [0.2, 0.25) is 0 Å². The third-order valence-corrected chi connectivity index (χ3v) is 5.08. The van der Waals surface area contributed by atoms with Gasteiger partial charge < -0.3 is 14.3 Å². The highest BCUT2D eigenvalue weighted by Crippen LogP contribution is 2.24. The molecular weight excluding hydrogens is 340 g/mol. The summed E-state index contributed by atoms with van der Waals surface area (Å²) in [4.78, 5) is 21.2. The van der Waals surface area contributed by atoms with Crippen LogP contribution < -0.4 is 0 Å². The molecule has 0 radical (unpaired) electrons. The molecule has 4 aromatic rings. The third kappa shape index (κ3) is 3.21. The van der Waals surface area contributed by atoms with Crippen molar-refractivity contribution in [3.63, 3.8) is 0 Å². The fourth-order valence-electron chi connectivity index (χ4n) is 3.54. The van der Waals surface area contributed by atoms with Crippen molar-refractivity contribution >= 4 is 11.3 Å². The molecule has 1 aliphatic rings. The predicted octanol–water partition coefficient (Wildman–Crippen LogP) is 3.31. The zero-order valence-corrected chi connectivity index (χ0v) is 14.9. The summed E-state index contributed by atoms with van der Waals surface area (Å²) in [7, 11) is 0. The van der Waals surface area contributed by atoms with Crippen LogP contribution in [0, 0.1) is 5.92 Å². The van der Waals surface area contributed by atoms with Crippen LogP contribution in [0.4, 0.5) is 0 Å². The van der Waals surface area contributed by atoms with E-state index in [0.717, 1.165) is 60.9 Å². The van der Waals surface area contributed by atoms with Crippen molar-refractivity contribution < 1.29 is 4.74 Å². The molecule has 1 fully saturated rings. The quantitative estimate of drug-likeness (QED) is 0.604. The second kappa shape index (κ2) is 6.92. The molecule has 0 unspecified atom stereocenters. The van der Waals surface area contributed by atoms with Crippen molar-refractivity contribution in [2.45, 2.75) is 19.4 Å². The maximum Gasteiger partial charge on any atom is 0.197 e. The van der Waals surface area contributed by atoms with Crippen LogP contribution in [0.15, 0.2) is 49.2 Å². The third-order valence-electron chi connectivity index (χ3n) is 5.08. The molecule has 0 amide bonds. The first kappa shape index (κ1) is 16.1. The van der Waals surface area contributed by atoms with E-state index < -0.39 is 0 Å². The summed E-state index contributed by atoms with van der Waals surface area (Å²) in [6, 6.07) is 8.18. The maximum absolute atomic E-state index is 5.46. The van der Waals surface area contributed by atoms with Gasteiger partial charge >= 0.3 is 0 Å². The number of hydrogen-bond donors (Lipinski definition) is 1. The molecule has 7 heteroatoms. The number of aromatic amines is 1. The molecule has 0 saturated carbocycles. The minimum absolute atomic E-state index is 0.606. The van der Waals surface area contributed by atoms with E-state index in [0.29, 0.717) is 11.6 Å². The van der Waals surface area contributed by atoms with Crippen molar-refractivity contribution in [3.05, 3.63) is 49.2 Å². The Morgan fingerprint density at radius 1 is 1.04 bits per heavy atom. The smallest absolute Gasteiger partial charge is 0.197 e. The highest BCUT2D eigenvalue weighted by atomic mass is 16.5. The average Bonchev–Trinajstić information content (AvgIpc) is 3.39. The van der Waals surface area contributed by atoms with Crippen LogP contribution in [0.5, 0.6) is 0 Å². The lowest BCUT2D eigenvalue weighted by atomic mass is 10.0. The SMILES string of the molecule is c1c[nH]c(-c2ccc(-c3cnc4ncn(CC5CCOCC5)c4n3)cc2)n1. The van der Waals surface area contributed by atoms with E-state index >= 15 is 0 Å². The topological polar surface area (TPSA) is 81.5 Å². The lowest BCUT2D eigenvalue weighted by Gasteiger charge is -2.22. The highest BCUT2D eigenvalue weighted by molar-refractivity contribution is 5.72. The van der Waals surface area contributed by atoms with Crippen LogP contribution >= 0.6 is 0 Å². The van der Waals surface area contributed by atoms with E-state index in [9.17, 15) is 0 Å². The molecule has 27 heavy (non-hydrogen) atoms. The van der Waals surface area contributed by atoms with Crippen LogP contribution in [0.2, 0.25) is 0 Å². The Morgan fingerprint density at radius 3 is 2.63 bits per heavy atom. The van der Waals surface area contributed by atoms with Gasteiger partial charge in [0.15, 0.2) is 11.3 Å². The van der Waals surface area contributed by atoms with E-state index in [-0.39, 0.29) is 0 Å². The van der Waals surface area contributed by atoms with Crippen LogP contribution in [-0.4, -0.2) is 42.7 Å². The molecule has 136 valence electrons. The largest absolute Gasteiger partial charge is 0.381 e. The number of ether oxygens (including phenoxy) is 1. The fourth-order valence-corrected chi connectivity index (χ4v) is 3.54. The number of aromatic nitrogens is 6. The number of benzene rings is 1. The van der Waals surface area contributed by atoms with Crippen molar-refractivity contribution in [3.8, 4) is 22.6 Å². The molecule has 7 nitrogen and oxygen atoms in total. The summed E-state index contributed by atoms with van der Waals surface area (Å²) in [5.41, 5.74) is 4.45. The summed E-state index contributed by atoms with van der Waals surface area (Å²) in [5.74, 6) is 1.46. The zero-order valence-electron chi connectivity index (χ0n) is 14.9. The van der Waals surface area contributed by atoms with Gasteiger partial charge in [-0.1, -0.05) is 24.3 Å². The lowest BCUT2D eigenvalue weighted by molar-refractivity contribution is 0.0615. The van der Waals surface area contributed by atoms with Gasteiger partial charge in [0.25, 0.3) is 0 Å². The summed E-state index contributed by atoms with van der Waals surface area (Å²) < 4.78 is 7.58. The number of nitrogens with one attached hydrogen (secondary N) is 1. The number of imidazole rings is 2. The molecule has 0 bridgehead atoms. The van der Waals surface area contributed by atoms with Crippen molar-refractivity contribution in [1.82, 2.24) is 29.5 Å². The van der Waals surface area contributed by atoms with Gasteiger partial charge in [0.05, 0.1) is 18.2 Å². The Bertz CT molecular complexity index is 1030. The Morgan fingerprint density at radius 2 is 1.85 bits per heavy atom.